The molecule has 0 unspecified atom stereocenters. The maximum absolute atomic E-state index is 13.6. The van der Waals surface area contributed by atoms with Crippen LogP contribution in [0.5, 0.6) is 5.75 Å². The van der Waals surface area contributed by atoms with Crippen LogP contribution < -0.4 is 14.5 Å². The maximum Gasteiger partial charge on any atom is 0.419 e. The predicted molar refractivity (Wildman–Crippen MR) is 165 cm³/mol. The highest BCUT2D eigenvalue weighted by atomic mass is 32.1. The van der Waals surface area contributed by atoms with Crippen LogP contribution in [0.1, 0.15) is 69.7 Å². The number of anilines is 2. The number of aryl methyl sites for hydroxylation is 1. The van der Waals surface area contributed by atoms with Crippen LogP contribution >= 0.6 is 12.2 Å². The normalized spacial score (nSPS) is 19.9. The van der Waals surface area contributed by atoms with Gasteiger partial charge in [0.05, 0.1) is 31.2 Å². The van der Waals surface area contributed by atoms with Gasteiger partial charge in [-0.3, -0.25) is 19.4 Å². The fourth-order valence-electron chi connectivity index (χ4n) is 6.40. The van der Waals surface area contributed by atoms with Crippen LogP contribution in [0.4, 0.5) is 24.5 Å². The summed E-state index contributed by atoms with van der Waals surface area (Å²) in [6.45, 7) is 7.56. The van der Waals surface area contributed by atoms with E-state index in [4.69, 9.17) is 27.0 Å². The van der Waals surface area contributed by atoms with Crippen molar-refractivity contribution < 1.29 is 32.2 Å². The van der Waals surface area contributed by atoms with Crippen molar-refractivity contribution in [2.45, 2.75) is 76.6 Å². The fraction of sp³-hybridized carbons (Fsp3) is 0.531. The van der Waals surface area contributed by atoms with Crippen LogP contribution in [-0.4, -0.2) is 64.8 Å². The molecule has 3 aliphatic rings. The number of hydrogen-bond donors (Lipinski definition) is 0. The van der Waals surface area contributed by atoms with Gasteiger partial charge in [0.2, 0.25) is 0 Å². The average Bonchev–Trinajstić information content (AvgIpc) is 3.80. The number of aromatic nitrogens is 1. The highest BCUT2D eigenvalue weighted by Gasteiger charge is 2.56. The minimum absolute atomic E-state index is 0.00636. The van der Waals surface area contributed by atoms with Crippen LogP contribution in [-0.2, 0) is 26.9 Å². The summed E-state index contributed by atoms with van der Waals surface area (Å²) in [5.41, 5.74) is -2.28. The zero-order valence-electron chi connectivity index (χ0n) is 25.7. The molecule has 0 bridgehead atoms. The number of hydrogen-bond acceptors (Lipinski definition) is 8. The predicted octanol–water partition coefficient (Wildman–Crippen LogP) is 5.64. The van der Waals surface area contributed by atoms with Gasteiger partial charge in [-0.15, -0.1) is 0 Å². The number of nitrogens with zero attached hydrogens (tertiary/aromatic N) is 5. The number of halogens is 3. The number of amides is 1. The van der Waals surface area contributed by atoms with E-state index in [1.807, 2.05) is 19.1 Å². The second-order valence-electron chi connectivity index (χ2n) is 12.3. The SMILES string of the molecule is CCc1cc(N2C(=S)N(c3cnc(C#N)c(C(F)(F)F)c3)C(=O)C2(C)C)ccc1OCCC1CCN(C2(C(=O)OC)CC2)CC1. The van der Waals surface area contributed by atoms with Crippen molar-refractivity contribution in [3.8, 4) is 11.8 Å². The van der Waals surface area contributed by atoms with Gasteiger partial charge in [0.25, 0.3) is 5.91 Å². The lowest BCUT2D eigenvalue weighted by Crippen LogP contribution is -2.48. The number of pyridine rings is 1. The Bertz CT molecular complexity index is 1540. The maximum atomic E-state index is 13.6. The summed E-state index contributed by atoms with van der Waals surface area (Å²) >= 11 is 5.66. The number of esters is 1. The molecule has 240 valence electrons. The van der Waals surface area contributed by atoms with E-state index in [1.54, 1.807) is 24.8 Å². The smallest absolute Gasteiger partial charge is 0.419 e. The molecular formula is C32H36F3N5O4S. The molecule has 0 radical (unpaired) electrons. The molecule has 45 heavy (non-hydrogen) atoms. The summed E-state index contributed by atoms with van der Waals surface area (Å²) in [6.07, 6.45) is 1.46. The molecule has 2 saturated heterocycles. The molecule has 5 rings (SSSR count). The van der Waals surface area contributed by atoms with Crippen LogP contribution in [0.3, 0.4) is 0 Å². The Balaban J connectivity index is 1.27. The molecule has 1 amide bonds. The molecule has 3 fully saturated rings. The van der Waals surface area contributed by atoms with E-state index in [0.29, 0.717) is 24.6 Å². The lowest BCUT2D eigenvalue weighted by Gasteiger charge is -2.36. The number of ether oxygens (including phenoxy) is 2. The number of thiocarbonyl (C=S) groups is 1. The van der Waals surface area contributed by atoms with Gasteiger partial charge in [-0.2, -0.15) is 18.4 Å². The standard InChI is InChI=1S/C32H36F3N5O4S/c1-5-21-16-22(6-7-26(21)44-15-10-20-8-13-38(14-9-20)31(11-12-31)28(42)43-4)40-29(45)39(27(41)30(40,2)3)23-17-24(32(33,34)35)25(18-36)37-19-23/h6-7,16-17,19-20H,5,8-15H2,1-4H3. The van der Waals surface area contributed by atoms with Crippen LogP contribution in [0.25, 0.3) is 0 Å². The van der Waals surface area contributed by atoms with E-state index < -0.39 is 34.4 Å². The first kappa shape index (κ1) is 32.6. The van der Waals surface area contributed by atoms with E-state index in [2.05, 4.69) is 9.88 Å². The number of benzene rings is 1. The monoisotopic (exact) mass is 643 g/mol. The van der Waals surface area contributed by atoms with Crippen molar-refractivity contribution in [1.29, 1.82) is 5.26 Å². The molecule has 3 heterocycles. The second kappa shape index (κ2) is 12.2. The highest BCUT2D eigenvalue weighted by Crippen LogP contribution is 2.45. The third-order valence-electron chi connectivity index (χ3n) is 9.19. The van der Waals surface area contributed by atoms with Gasteiger partial charge in [-0.1, -0.05) is 6.92 Å². The van der Waals surface area contributed by atoms with E-state index in [0.717, 1.165) is 73.7 Å². The van der Waals surface area contributed by atoms with Crippen molar-refractivity contribution in [2.24, 2.45) is 5.92 Å². The molecule has 1 aromatic heterocycles. The van der Waals surface area contributed by atoms with E-state index in [1.165, 1.54) is 13.2 Å². The van der Waals surface area contributed by atoms with Crippen molar-refractivity contribution in [2.75, 3.05) is 36.6 Å². The van der Waals surface area contributed by atoms with Crippen molar-refractivity contribution in [3.05, 3.63) is 47.3 Å². The molecule has 2 aromatic rings. The van der Waals surface area contributed by atoms with Gasteiger partial charge >= 0.3 is 12.1 Å². The number of piperidine rings is 1. The highest BCUT2D eigenvalue weighted by molar-refractivity contribution is 7.81. The first-order valence-electron chi connectivity index (χ1n) is 15.0. The van der Waals surface area contributed by atoms with Gasteiger partial charge in [-0.05, 0) is 113 Å². The molecule has 13 heteroatoms. The number of alkyl halides is 3. The number of nitriles is 1. The van der Waals surface area contributed by atoms with Crippen molar-refractivity contribution >= 4 is 40.6 Å². The summed E-state index contributed by atoms with van der Waals surface area (Å²) < 4.78 is 52.2. The quantitative estimate of drug-likeness (QED) is 0.254. The summed E-state index contributed by atoms with van der Waals surface area (Å²) in [6, 6.07) is 7.70. The molecule has 0 N–H and O–H groups in total. The zero-order chi connectivity index (χ0) is 32.7. The first-order chi connectivity index (χ1) is 21.3. The Morgan fingerprint density at radius 2 is 1.87 bits per heavy atom. The van der Waals surface area contributed by atoms with Crippen molar-refractivity contribution in [1.82, 2.24) is 9.88 Å². The third kappa shape index (κ3) is 5.97. The molecular weight excluding hydrogens is 607 g/mol. The number of carbonyl (C=O) groups is 2. The Kier molecular flexibility index (Phi) is 8.85. The molecule has 9 nitrogen and oxygen atoms in total. The van der Waals surface area contributed by atoms with Gasteiger partial charge in [0.15, 0.2) is 10.8 Å². The Morgan fingerprint density at radius 1 is 1.18 bits per heavy atom. The van der Waals surface area contributed by atoms with Crippen LogP contribution in [0.2, 0.25) is 0 Å². The van der Waals surface area contributed by atoms with Crippen LogP contribution in [0.15, 0.2) is 30.5 Å². The van der Waals surface area contributed by atoms with E-state index >= 15 is 0 Å². The topological polar surface area (TPSA) is 99.0 Å². The van der Waals surface area contributed by atoms with Gasteiger partial charge in [0.1, 0.15) is 22.9 Å². The van der Waals surface area contributed by atoms with Crippen molar-refractivity contribution in [3.63, 3.8) is 0 Å². The zero-order valence-corrected chi connectivity index (χ0v) is 26.6. The number of likely N-dealkylation sites (tertiary alicyclic amines) is 1. The lowest BCUT2D eigenvalue weighted by molar-refractivity contribution is -0.149. The molecule has 0 atom stereocenters. The minimum atomic E-state index is -4.83. The molecule has 1 aliphatic carbocycles. The minimum Gasteiger partial charge on any atom is -0.493 e. The third-order valence-corrected chi connectivity index (χ3v) is 9.55. The summed E-state index contributed by atoms with van der Waals surface area (Å²) in [5.74, 6) is 0.569. The molecule has 1 saturated carbocycles. The molecule has 0 spiro atoms. The molecule has 1 aromatic carbocycles. The lowest BCUT2D eigenvalue weighted by atomic mass is 9.92. The largest absolute Gasteiger partial charge is 0.493 e. The number of carbonyl (C=O) groups excluding carboxylic acids is 2. The second-order valence-corrected chi connectivity index (χ2v) is 12.6. The number of rotatable bonds is 9. The van der Waals surface area contributed by atoms with Gasteiger partial charge < -0.3 is 14.4 Å². The Morgan fingerprint density at radius 3 is 2.44 bits per heavy atom. The van der Waals surface area contributed by atoms with Gasteiger partial charge in [-0.25, -0.2) is 4.98 Å². The Labute approximate surface area is 265 Å². The van der Waals surface area contributed by atoms with Crippen LogP contribution in [0, 0.1) is 17.2 Å². The molecule has 2 aliphatic heterocycles. The summed E-state index contributed by atoms with van der Waals surface area (Å²) in [5, 5.41) is 9.12. The average molecular weight is 644 g/mol. The van der Waals surface area contributed by atoms with E-state index in [9.17, 15) is 22.8 Å². The summed E-state index contributed by atoms with van der Waals surface area (Å²) in [7, 11) is 1.45. The first-order valence-corrected chi connectivity index (χ1v) is 15.4. The van der Waals surface area contributed by atoms with Gasteiger partial charge in [0, 0.05) is 5.69 Å². The summed E-state index contributed by atoms with van der Waals surface area (Å²) in [4.78, 5) is 34.4. The van der Waals surface area contributed by atoms with E-state index in [-0.39, 0.29) is 16.8 Å². The fourth-order valence-corrected chi connectivity index (χ4v) is 6.92. The number of methoxy groups -OCH3 is 1. The Hall–Kier alpha value is -3.76.